The largest absolute Gasteiger partial charge is 0.443 e. The summed E-state index contributed by atoms with van der Waals surface area (Å²) in [4.78, 5) is 0. The quantitative estimate of drug-likeness (QED) is 0.739. The van der Waals surface area contributed by atoms with Crippen molar-refractivity contribution in [1.82, 2.24) is 5.16 Å². The minimum absolute atomic E-state index is 0.332. The zero-order valence-electron chi connectivity index (χ0n) is 6.66. The number of halogens is 1. The van der Waals surface area contributed by atoms with Gasteiger partial charge in [-0.15, -0.1) is 0 Å². The SMILES string of the molecule is C=Cc1cc(-c2ccc(Cl)o2)no1. The van der Waals surface area contributed by atoms with E-state index in [-0.39, 0.29) is 0 Å². The van der Waals surface area contributed by atoms with E-state index in [1.165, 1.54) is 0 Å². The lowest BCUT2D eigenvalue weighted by molar-refractivity contribution is 0.412. The van der Waals surface area contributed by atoms with E-state index in [2.05, 4.69) is 11.7 Å². The maximum Gasteiger partial charge on any atom is 0.194 e. The molecule has 0 radical (unpaired) electrons. The van der Waals surface area contributed by atoms with Crippen LogP contribution in [-0.4, -0.2) is 5.16 Å². The minimum atomic E-state index is 0.332. The van der Waals surface area contributed by atoms with E-state index in [1.807, 2.05) is 0 Å². The molecule has 0 saturated heterocycles. The van der Waals surface area contributed by atoms with Crippen LogP contribution in [0.2, 0.25) is 5.22 Å². The first-order valence-electron chi connectivity index (χ1n) is 3.64. The molecular weight excluding hydrogens is 190 g/mol. The Morgan fingerprint density at radius 3 is 2.85 bits per heavy atom. The summed E-state index contributed by atoms with van der Waals surface area (Å²) in [6, 6.07) is 5.11. The molecule has 0 aliphatic rings. The number of rotatable bonds is 2. The molecule has 2 aromatic rings. The second-order valence-corrected chi connectivity index (χ2v) is 2.79. The average Bonchev–Trinajstić information content (AvgIpc) is 2.71. The van der Waals surface area contributed by atoms with Crippen LogP contribution in [0.15, 0.2) is 33.7 Å². The Kier molecular flexibility index (Phi) is 1.94. The van der Waals surface area contributed by atoms with Crippen molar-refractivity contribution in [2.24, 2.45) is 0 Å². The van der Waals surface area contributed by atoms with Crippen LogP contribution in [0.3, 0.4) is 0 Å². The molecule has 0 atom stereocenters. The molecule has 2 aromatic heterocycles. The van der Waals surface area contributed by atoms with Gasteiger partial charge in [-0.2, -0.15) is 0 Å². The number of hydrogen-bond donors (Lipinski definition) is 0. The van der Waals surface area contributed by atoms with E-state index in [4.69, 9.17) is 20.5 Å². The van der Waals surface area contributed by atoms with Gasteiger partial charge >= 0.3 is 0 Å². The maximum absolute atomic E-state index is 5.61. The summed E-state index contributed by atoms with van der Waals surface area (Å²) in [7, 11) is 0. The van der Waals surface area contributed by atoms with Crippen molar-refractivity contribution < 1.29 is 8.94 Å². The first-order chi connectivity index (χ1) is 6.29. The normalized spacial score (nSPS) is 10.2. The van der Waals surface area contributed by atoms with Gasteiger partial charge < -0.3 is 8.94 Å². The van der Waals surface area contributed by atoms with E-state index in [9.17, 15) is 0 Å². The fourth-order valence-electron chi connectivity index (χ4n) is 0.954. The summed E-state index contributed by atoms with van der Waals surface area (Å²) >= 11 is 5.61. The predicted molar refractivity (Wildman–Crippen MR) is 49.3 cm³/mol. The van der Waals surface area contributed by atoms with E-state index in [0.717, 1.165) is 0 Å². The van der Waals surface area contributed by atoms with Crippen LogP contribution < -0.4 is 0 Å². The average molecular weight is 196 g/mol. The summed E-state index contributed by atoms with van der Waals surface area (Å²) in [6.45, 7) is 3.55. The zero-order valence-corrected chi connectivity index (χ0v) is 7.41. The van der Waals surface area contributed by atoms with Gasteiger partial charge in [-0.1, -0.05) is 11.7 Å². The number of hydrogen-bond acceptors (Lipinski definition) is 3. The highest BCUT2D eigenvalue weighted by Gasteiger charge is 2.07. The van der Waals surface area contributed by atoms with Crippen LogP contribution in [0.1, 0.15) is 5.76 Å². The van der Waals surface area contributed by atoms with Gasteiger partial charge in [0.2, 0.25) is 0 Å². The van der Waals surface area contributed by atoms with Crippen LogP contribution >= 0.6 is 11.6 Å². The molecule has 0 fully saturated rings. The highest BCUT2D eigenvalue weighted by Crippen LogP contribution is 2.24. The van der Waals surface area contributed by atoms with Crippen LogP contribution in [0.25, 0.3) is 17.5 Å². The highest BCUT2D eigenvalue weighted by molar-refractivity contribution is 6.28. The fraction of sp³-hybridized carbons (Fsp3) is 0. The molecule has 0 N–H and O–H groups in total. The van der Waals surface area contributed by atoms with Crippen LogP contribution in [0, 0.1) is 0 Å². The van der Waals surface area contributed by atoms with Crippen molar-refractivity contribution in [2.45, 2.75) is 0 Å². The van der Waals surface area contributed by atoms with E-state index >= 15 is 0 Å². The van der Waals surface area contributed by atoms with Crippen molar-refractivity contribution in [1.29, 1.82) is 0 Å². The molecule has 66 valence electrons. The van der Waals surface area contributed by atoms with Crippen LogP contribution in [0.5, 0.6) is 0 Å². The Morgan fingerprint density at radius 1 is 1.46 bits per heavy atom. The fourth-order valence-corrected chi connectivity index (χ4v) is 1.10. The summed E-state index contributed by atoms with van der Waals surface area (Å²) in [5.41, 5.74) is 0.613. The van der Waals surface area contributed by atoms with E-state index in [1.54, 1.807) is 24.3 Å². The third-order valence-electron chi connectivity index (χ3n) is 1.56. The molecule has 3 nitrogen and oxygen atoms in total. The Bertz CT molecular complexity index is 430. The Hall–Kier alpha value is -1.48. The smallest absolute Gasteiger partial charge is 0.194 e. The first-order valence-corrected chi connectivity index (χ1v) is 4.02. The standard InChI is InChI=1S/C9H6ClNO2/c1-2-6-5-7(11-13-6)8-3-4-9(10)12-8/h2-5H,1H2. The van der Waals surface area contributed by atoms with Crippen molar-refractivity contribution in [3.05, 3.63) is 35.8 Å². The molecule has 0 amide bonds. The lowest BCUT2D eigenvalue weighted by atomic mass is 10.3. The monoisotopic (exact) mass is 195 g/mol. The first kappa shape index (κ1) is 8.13. The van der Waals surface area contributed by atoms with Gasteiger partial charge in [-0.25, -0.2) is 0 Å². The molecular formula is C9H6ClNO2. The predicted octanol–water partition coefficient (Wildman–Crippen LogP) is 3.23. The lowest BCUT2D eigenvalue weighted by Gasteiger charge is -1.83. The molecule has 4 heteroatoms. The Morgan fingerprint density at radius 2 is 2.31 bits per heavy atom. The molecule has 0 aliphatic carbocycles. The Labute approximate surface area is 79.6 Å². The summed E-state index contributed by atoms with van der Waals surface area (Å²) in [5, 5.41) is 4.10. The third kappa shape index (κ3) is 1.51. The Balaban J connectivity index is 2.40. The van der Waals surface area contributed by atoms with Gasteiger partial charge in [0, 0.05) is 6.07 Å². The summed E-state index contributed by atoms with van der Waals surface area (Å²) in [6.07, 6.45) is 1.57. The van der Waals surface area contributed by atoms with Crippen LogP contribution in [0.4, 0.5) is 0 Å². The molecule has 2 rings (SSSR count). The minimum Gasteiger partial charge on any atom is -0.443 e. The lowest BCUT2D eigenvalue weighted by Crippen LogP contribution is -1.68. The van der Waals surface area contributed by atoms with E-state index in [0.29, 0.717) is 22.4 Å². The van der Waals surface area contributed by atoms with Gasteiger partial charge in [0.25, 0.3) is 0 Å². The molecule has 2 heterocycles. The summed E-state index contributed by atoms with van der Waals surface area (Å²) in [5.74, 6) is 1.18. The second-order valence-electron chi connectivity index (χ2n) is 2.42. The van der Waals surface area contributed by atoms with Gasteiger partial charge in [-0.3, -0.25) is 0 Å². The second kappa shape index (κ2) is 3.11. The van der Waals surface area contributed by atoms with E-state index < -0.39 is 0 Å². The summed E-state index contributed by atoms with van der Waals surface area (Å²) < 4.78 is 10.0. The topological polar surface area (TPSA) is 39.2 Å². The van der Waals surface area contributed by atoms with Gasteiger partial charge in [0.1, 0.15) is 5.69 Å². The molecule has 0 saturated carbocycles. The van der Waals surface area contributed by atoms with Gasteiger partial charge in [0.05, 0.1) is 0 Å². The van der Waals surface area contributed by atoms with Crippen LogP contribution in [-0.2, 0) is 0 Å². The van der Waals surface area contributed by atoms with Crippen molar-refractivity contribution >= 4 is 17.7 Å². The number of aromatic nitrogens is 1. The molecule has 13 heavy (non-hydrogen) atoms. The molecule has 0 spiro atoms. The number of nitrogens with zero attached hydrogens (tertiary/aromatic N) is 1. The zero-order chi connectivity index (χ0) is 9.26. The van der Waals surface area contributed by atoms with Crippen molar-refractivity contribution in [2.75, 3.05) is 0 Å². The third-order valence-corrected chi connectivity index (χ3v) is 1.76. The van der Waals surface area contributed by atoms with Gasteiger partial charge in [0.15, 0.2) is 16.7 Å². The molecule has 0 aromatic carbocycles. The molecule has 0 aliphatic heterocycles. The van der Waals surface area contributed by atoms with Crippen molar-refractivity contribution in [3.8, 4) is 11.5 Å². The number of furan rings is 1. The highest BCUT2D eigenvalue weighted by atomic mass is 35.5. The van der Waals surface area contributed by atoms with Gasteiger partial charge in [-0.05, 0) is 29.8 Å². The molecule has 0 bridgehead atoms. The molecule has 0 unspecified atom stereocenters. The maximum atomic E-state index is 5.61. The van der Waals surface area contributed by atoms with Crippen molar-refractivity contribution in [3.63, 3.8) is 0 Å².